The standard InChI is InChI=1S/C16H9ClN4O3/c17-13-5-10-11(6-18-13)14(22)20-19-12(10)7-21-15(23)8-3-1-2-4-9(8)16(21)24/h1-6H,7H2,(H,20,22). The number of halogens is 1. The molecule has 1 aliphatic heterocycles. The van der Waals surface area contributed by atoms with E-state index in [9.17, 15) is 14.4 Å². The van der Waals surface area contributed by atoms with Crippen molar-refractivity contribution in [1.82, 2.24) is 20.1 Å². The summed E-state index contributed by atoms with van der Waals surface area (Å²) in [5.74, 6) is -0.784. The molecule has 24 heavy (non-hydrogen) atoms. The lowest BCUT2D eigenvalue weighted by atomic mass is 10.1. The van der Waals surface area contributed by atoms with Crippen molar-refractivity contribution < 1.29 is 9.59 Å². The van der Waals surface area contributed by atoms with Crippen LogP contribution in [-0.2, 0) is 6.54 Å². The predicted molar refractivity (Wildman–Crippen MR) is 85.8 cm³/mol. The number of H-pyrrole nitrogens is 1. The van der Waals surface area contributed by atoms with Gasteiger partial charge in [0.15, 0.2) is 0 Å². The zero-order valence-electron chi connectivity index (χ0n) is 12.1. The second kappa shape index (κ2) is 5.24. The molecule has 3 heterocycles. The van der Waals surface area contributed by atoms with E-state index in [-0.39, 0.29) is 11.7 Å². The smallest absolute Gasteiger partial charge is 0.269 e. The molecule has 4 rings (SSSR count). The van der Waals surface area contributed by atoms with Gasteiger partial charge in [-0.05, 0) is 18.2 Å². The van der Waals surface area contributed by atoms with E-state index in [1.807, 2.05) is 0 Å². The number of carbonyl (C=O) groups excluding carboxylic acids is 2. The summed E-state index contributed by atoms with van der Waals surface area (Å²) in [7, 11) is 0. The second-order valence-corrected chi connectivity index (χ2v) is 5.68. The number of aromatic nitrogens is 3. The number of nitrogens with one attached hydrogen (secondary N) is 1. The van der Waals surface area contributed by atoms with Crippen LogP contribution in [-0.4, -0.2) is 31.9 Å². The topological polar surface area (TPSA) is 96.0 Å². The lowest BCUT2D eigenvalue weighted by Crippen LogP contribution is -2.30. The number of imide groups is 1. The van der Waals surface area contributed by atoms with Crippen molar-refractivity contribution in [3.05, 3.63) is 68.9 Å². The first kappa shape index (κ1) is 14.5. The second-order valence-electron chi connectivity index (χ2n) is 5.29. The third kappa shape index (κ3) is 2.10. The molecule has 3 aromatic rings. The molecule has 8 heteroatoms. The zero-order chi connectivity index (χ0) is 16.8. The maximum absolute atomic E-state index is 12.4. The molecule has 1 aromatic carbocycles. The summed E-state index contributed by atoms with van der Waals surface area (Å²) >= 11 is 5.89. The summed E-state index contributed by atoms with van der Waals surface area (Å²) < 4.78 is 0. The van der Waals surface area contributed by atoms with Gasteiger partial charge in [0.05, 0.1) is 28.8 Å². The summed E-state index contributed by atoms with van der Waals surface area (Å²) in [4.78, 5) is 41.7. The molecule has 0 atom stereocenters. The van der Waals surface area contributed by atoms with Crippen LogP contribution in [0.3, 0.4) is 0 Å². The molecule has 0 aliphatic carbocycles. The highest BCUT2D eigenvalue weighted by Crippen LogP contribution is 2.25. The fraction of sp³-hybridized carbons (Fsp3) is 0.0625. The van der Waals surface area contributed by atoms with Crippen molar-refractivity contribution in [2.24, 2.45) is 0 Å². The summed E-state index contributed by atoms with van der Waals surface area (Å²) in [6.45, 7) is -0.0695. The summed E-state index contributed by atoms with van der Waals surface area (Å²) in [6.07, 6.45) is 1.34. The summed E-state index contributed by atoms with van der Waals surface area (Å²) in [5, 5.41) is 7.26. The van der Waals surface area contributed by atoms with Crippen LogP contribution < -0.4 is 5.56 Å². The Kier molecular flexibility index (Phi) is 3.17. The van der Waals surface area contributed by atoms with E-state index >= 15 is 0 Å². The molecule has 1 aliphatic rings. The molecule has 0 unspecified atom stereocenters. The molecule has 2 amide bonds. The lowest BCUT2D eigenvalue weighted by molar-refractivity contribution is 0.0641. The van der Waals surface area contributed by atoms with Gasteiger partial charge in [-0.15, -0.1) is 0 Å². The third-order valence-corrected chi connectivity index (χ3v) is 4.11. The molecule has 0 saturated heterocycles. The van der Waals surface area contributed by atoms with E-state index in [0.717, 1.165) is 4.90 Å². The minimum Gasteiger partial charge on any atom is -0.269 e. The first-order valence-corrected chi connectivity index (χ1v) is 7.42. The number of amides is 2. The Bertz CT molecular complexity index is 1040. The third-order valence-electron chi connectivity index (χ3n) is 3.90. The van der Waals surface area contributed by atoms with E-state index in [2.05, 4.69) is 15.2 Å². The molecule has 0 spiro atoms. The van der Waals surface area contributed by atoms with Gasteiger partial charge in [0.2, 0.25) is 0 Å². The number of hydrogen-bond donors (Lipinski definition) is 1. The van der Waals surface area contributed by atoms with Crippen LogP contribution in [0.4, 0.5) is 0 Å². The molecular weight excluding hydrogens is 332 g/mol. The highest BCUT2D eigenvalue weighted by Gasteiger charge is 2.35. The van der Waals surface area contributed by atoms with E-state index in [0.29, 0.717) is 27.6 Å². The molecule has 118 valence electrons. The zero-order valence-corrected chi connectivity index (χ0v) is 12.9. The number of carbonyl (C=O) groups is 2. The summed E-state index contributed by atoms with van der Waals surface area (Å²) in [6, 6.07) is 8.11. The lowest BCUT2D eigenvalue weighted by Gasteiger charge is -2.14. The molecule has 0 fully saturated rings. The molecular formula is C16H9ClN4O3. The first-order chi connectivity index (χ1) is 11.6. The van der Waals surface area contributed by atoms with Gasteiger partial charge in [-0.1, -0.05) is 23.7 Å². The number of fused-ring (bicyclic) bond motifs is 2. The van der Waals surface area contributed by atoms with Crippen LogP contribution in [0.15, 0.2) is 41.3 Å². The SMILES string of the molecule is O=C1c2ccccc2C(=O)N1Cc1n[nH]c(=O)c2cnc(Cl)cc12. The Balaban J connectivity index is 1.80. The average Bonchev–Trinajstić information content (AvgIpc) is 2.82. The van der Waals surface area contributed by atoms with Crippen molar-refractivity contribution in [3.63, 3.8) is 0 Å². The Morgan fingerprint density at radius 1 is 1.04 bits per heavy atom. The van der Waals surface area contributed by atoms with Crippen LogP contribution in [0.25, 0.3) is 10.8 Å². The minimum absolute atomic E-state index is 0.0695. The highest BCUT2D eigenvalue weighted by atomic mass is 35.5. The van der Waals surface area contributed by atoms with Crippen molar-refractivity contribution in [3.8, 4) is 0 Å². The van der Waals surface area contributed by atoms with E-state index in [4.69, 9.17) is 11.6 Å². The molecule has 1 N–H and O–H groups in total. The van der Waals surface area contributed by atoms with Crippen LogP contribution in [0.5, 0.6) is 0 Å². The van der Waals surface area contributed by atoms with Gasteiger partial charge in [-0.3, -0.25) is 19.3 Å². The Labute approximate surface area is 139 Å². The highest BCUT2D eigenvalue weighted by molar-refractivity contribution is 6.30. The predicted octanol–water partition coefficient (Wildman–Crippen LogP) is 1.77. The van der Waals surface area contributed by atoms with Gasteiger partial charge in [-0.25, -0.2) is 10.1 Å². The largest absolute Gasteiger partial charge is 0.273 e. The van der Waals surface area contributed by atoms with Crippen molar-refractivity contribution >= 4 is 34.2 Å². The van der Waals surface area contributed by atoms with Gasteiger partial charge < -0.3 is 0 Å². The Morgan fingerprint density at radius 3 is 2.38 bits per heavy atom. The van der Waals surface area contributed by atoms with E-state index < -0.39 is 17.4 Å². The number of benzene rings is 1. The molecule has 0 radical (unpaired) electrons. The van der Waals surface area contributed by atoms with E-state index in [1.165, 1.54) is 12.3 Å². The summed E-state index contributed by atoms with van der Waals surface area (Å²) in [5.41, 5.74) is 0.663. The van der Waals surface area contributed by atoms with Crippen molar-refractivity contribution in [2.45, 2.75) is 6.54 Å². The number of rotatable bonds is 2. The van der Waals surface area contributed by atoms with Crippen LogP contribution >= 0.6 is 11.6 Å². The normalized spacial score (nSPS) is 13.6. The minimum atomic E-state index is -0.416. The van der Waals surface area contributed by atoms with Gasteiger partial charge in [0, 0.05) is 11.6 Å². The molecule has 7 nitrogen and oxygen atoms in total. The van der Waals surface area contributed by atoms with Gasteiger partial charge in [0.1, 0.15) is 5.15 Å². The first-order valence-electron chi connectivity index (χ1n) is 7.04. The fourth-order valence-electron chi connectivity index (χ4n) is 2.74. The van der Waals surface area contributed by atoms with Gasteiger partial charge in [0.25, 0.3) is 17.4 Å². The van der Waals surface area contributed by atoms with Crippen LogP contribution in [0.1, 0.15) is 26.4 Å². The van der Waals surface area contributed by atoms with Crippen molar-refractivity contribution in [1.29, 1.82) is 0 Å². The quantitative estimate of drug-likeness (QED) is 0.566. The number of aromatic amines is 1. The van der Waals surface area contributed by atoms with Gasteiger partial charge in [-0.2, -0.15) is 5.10 Å². The Morgan fingerprint density at radius 2 is 1.71 bits per heavy atom. The number of hydrogen-bond acceptors (Lipinski definition) is 5. The molecule has 0 bridgehead atoms. The molecule has 2 aromatic heterocycles. The van der Waals surface area contributed by atoms with Crippen LogP contribution in [0, 0.1) is 0 Å². The van der Waals surface area contributed by atoms with Crippen molar-refractivity contribution in [2.75, 3.05) is 0 Å². The van der Waals surface area contributed by atoms with E-state index in [1.54, 1.807) is 24.3 Å². The van der Waals surface area contributed by atoms with Crippen LogP contribution in [0.2, 0.25) is 5.15 Å². The fourth-order valence-corrected chi connectivity index (χ4v) is 2.90. The molecule has 0 saturated carbocycles. The average molecular weight is 341 g/mol. The number of pyridine rings is 1. The monoisotopic (exact) mass is 340 g/mol. The maximum Gasteiger partial charge on any atom is 0.273 e. The number of nitrogens with zero attached hydrogens (tertiary/aromatic N) is 3. The maximum atomic E-state index is 12.4. The Hall–Kier alpha value is -3.06. The van der Waals surface area contributed by atoms with Gasteiger partial charge >= 0.3 is 0 Å².